The van der Waals surface area contributed by atoms with E-state index >= 15 is 0 Å². The molecule has 130 valence electrons. The lowest BCUT2D eigenvalue weighted by Crippen LogP contribution is -2.49. The summed E-state index contributed by atoms with van der Waals surface area (Å²) in [6.07, 6.45) is 4.42. The molecule has 1 fully saturated rings. The van der Waals surface area contributed by atoms with Gasteiger partial charge in [-0.1, -0.05) is 27.2 Å². The molecule has 0 aliphatic heterocycles. The molecule has 0 bridgehead atoms. The first-order valence-electron chi connectivity index (χ1n) is 8.85. The van der Waals surface area contributed by atoms with E-state index in [1.807, 2.05) is 0 Å². The Morgan fingerprint density at radius 2 is 1.68 bits per heavy atom. The minimum absolute atomic E-state index is 0.0715. The van der Waals surface area contributed by atoms with E-state index in [0.29, 0.717) is 11.5 Å². The van der Waals surface area contributed by atoms with Gasteiger partial charge in [-0.25, -0.2) is 0 Å². The van der Waals surface area contributed by atoms with Gasteiger partial charge in [-0.05, 0) is 52.0 Å². The highest BCUT2D eigenvalue weighted by atomic mass is 16.1. The maximum Gasteiger partial charge on any atom is 0.224 e. The van der Waals surface area contributed by atoms with Crippen LogP contribution in [0.5, 0.6) is 0 Å². The number of amides is 1. The highest BCUT2D eigenvalue weighted by molar-refractivity contribution is 5.79. The molecule has 1 aliphatic carbocycles. The van der Waals surface area contributed by atoms with Crippen molar-refractivity contribution in [2.75, 3.05) is 19.6 Å². The maximum absolute atomic E-state index is 12.4. The summed E-state index contributed by atoms with van der Waals surface area (Å²) in [4.78, 5) is 12.4. The van der Waals surface area contributed by atoms with Crippen molar-refractivity contribution in [2.45, 2.75) is 78.8 Å². The van der Waals surface area contributed by atoms with Gasteiger partial charge in [0.15, 0.2) is 0 Å². The van der Waals surface area contributed by atoms with Crippen LogP contribution in [-0.2, 0) is 4.79 Å². The van der Waals surface area contributed by atoms with Gasteiger partial charge in [0.05, 0.1) is 5.92 Å². The molecule has 1 amide bonds. The van der Waals surface area contributed by atoms with Gasteiger partial charge in [0.2, 0.25) is 5.91 Å². The van der Waals surface area contributed by atoms with Crippen LogP contribution in [0.4, 0.5) is 0 Å². The Hall–Kier alpha value is -0.610. The van der Waals surface area contributed by atoms with Crippen LogP contribution in [0.15, 0.2) is 0 Å². The Labute approximate surface area is 137 Å². The quantitative estimate of drug-likeness (QED) is 0.634. The largest absolute Gasteiger partial charge is 0.355 e. The van der Waals surface area contributed by atoms with Gasteiger partial charge >= 0.3 is 0 Å². The fourth-order valence-corrected chi connectivity index (χ4v) is 3.00. The third-order valence-electron chi connectivity index (χ3n) is 4.12. The number of carbonyl (C=O) groups excluding carboxylic acids is 1. The third kappa shape index (κ3) is 8.14. The second-order valence-electron chi connectivity index (χ2n) is 8.89. The Bertz CT molecular complexity index is 341. The molecular weight excluding hydrogens is 274 g/mol. The minimum atomic E-state index is 0.0715. The predicted molar refractivity (Wildman–Crippen MR) is 94.0 cm³/mol. The van der Waals surface area contributed by atoms with E-state index in [1.165, 1.54) is 0 Å². The van der Waals surface area contributed by atoms with Crippen LogP contribution in [0, 0.1) is 11.3 Å². The number of hydrogen-bond donors (Lipinski definition) is 3. The van der Waals surface area contributed by atoms with Crippen LogP contribution in [0.1, 0.15) is 67.2 Å². The summed E-state index contributed by atoms with van der Waals surface area (Å²) in [5.41, 5.74) is 0.438. The summed E-state index contributed by atoms with van der Waals surface area (Å²) < 4.78 is 0. The van der Waals surface area contributed by atoms with Gasteiger partial charge < -0.3 is 16.0 Å². The molecule has 4 nitrogen and oxygen atoms in total. The number of rotatable bonds is 7. The number of carbonyl (C=O) groups is 1. The second kappa shape index (κ2) is 8.30. The lowest BCUT2D eigenvalue weighted by Gasteiger charge is -2.29. The minimum Gasteiger partial charge on any atom is -0.355 e. The van der Waals surface area contributed by atoms with Gasteiger partial charge in [0, 0.05) is 24.7 Å². The van der Waals surface area contributed by atoms with Crippen molar-refractivity contribution in [3.05, 3.63) is 0 Å². The molecule has 0 aromatic rings. The summed E-state index contributed by atoms with van der Waals surface area (Å²) in [5.74, 6) is 0.352. The smallest absolute Gasteiger partial charge is 0.224 e. The molecule has 1 aliphatic rings. The Balaban J connectivity index is 2.21. The first-order chi connectivity index (χ1) is 10.1. The maximum atomic E-state index is 12.4. The average molecular weight is 312 g/mol. The molecule has 1 saturated carbocycles. The SMILES string of the molecule is CC(C)(C)CCNCCNC(=O)[C@@H]1CCC[C@@H]1NC(C)(C)C. The van der Waals surface area contributed by atoms with Gasteiger partial charge in [0.1, 0.15) is 0 Å². The van der Waals surface area contributed by atoms with Gasteiger partial charge in [-0.3, -0.25) is 4.79 Å². The predicted octanol–water partition coefficient (Wildman–Crippen LogP) is 2.69. The van der Waals surface area contributed by atoms with Crippen molar-refractivity contribution in [1.82, 2.24) is 16.0 Å². The molecular formula is C18H37N3O. The topological polar surface area (TPSA) is 53.2 Å². The molecule has 2 atom stereocenters. The van der Waals surface area contributed by atoms with Crippen molar-refractivity contribution >= 4 is 5.91 Å². The molecule has 4 heteroatoms. The monoisotopic (exact) mass is 311 g/mol. The van der Waals surface area contributed by atoms with Crippen molar-refractivity contribution < 1.29 is 4.79 Å². The average Bonchev–Trinajstić information content (AvgIpc) is 2.77. The van der Waals surface area contributed by atoms with E-state index in [0.717, 1.165) is 45.3 Å². The zero-order valence-electron chi connectivity index (χ0n) is 15.5. The zero-order valence-corrected chi connectivity index (χ0v) is 15.5. The van der Waals surface area contributed by atoms with Crippen LogP contribution in [0.3, 0.4) is 0 Å². The standard InChI is InChI=1S/C18H37N3O/c1-17(2,3)10-11-19-12-13-20-16(22)14-8-7-9-15(14)21-18(4,5)6/h14-15,19,21H,7-13H2,1-6H3,(H,20,22)/t14-,15+/m1/s1. The summed E-state index contributed by atoms with van der Waals surface area (Å²) >= 11 is 0. The third-order valence-corrected chi connectivity index (χ3v) is 4.12. The second-order valence-corrected chi connectivity index (χ2v) is 8.89. The zero-order chi connectivity index (χ0) is 16.8. The fraction of sp³-hybridized carbons (Fsp3) is 0.944. The first-order valence-corrected chi connectivity index (χ1v) is 8.85. The normalized spacial score (nSPS) is 22.8. The van der Waals surface area contributed by atoms with E-state index in [2.05, 4.69) is 57.5 Å². The Kier molecular flexibility index (Phi) is 7.33. The van der Waals surface area contributed by atoms with Crippen molar-refractivity contribution in [3.63, 3.8) is 0 Å². The van der Waals surface area contributed by atoms with E-state index in [-0.39, 0.29) is 17.4 Å². The summed E-state index contributed by atoms with van der Waals surface area (Å²) in [6, 6.07) is 0.328. The van der Waals surface area contributed by atoms with Crippen LogP contribution >= 0.6 is 0 Å². The molecule has 0 aromatic carbocycles. The van der Waals surface area contributed by atoms with E-state index < -0.39 is 0 Å². The fourth-order valence-electron chi connectivity index (χ4n) is 3.00. The van der Waals surface area contributed by atoms with Crippen molar-refractivity contribution in [3.8, 4) is 0 Å². The highest BCUT2D eigenvalue weighted by Gasteiger charge is 2.34. The molecule has 0 heterocycles. The van der Waals surface area contributed by atoms with Crippen LogP contribution < -0.4 is 16.0 Å². The highest BCUT2D eigenvalue weighted by Crippen LogP contribution is 2.27. The summed E-state index contributed by atoms with van der Waals surface area (Å²) in [5, 5.41) is 10.1. The van der Waals surface area contributed by atoms with Crippen molar-refractivity contribution in [2.24, 2.45) is 11.3 Å². The number of nitrogens with one attached hydrogen (secondary N) is 3. The van der Waals surface area contributed by atoms with Crippen LogP contribution in [0.25, 0.3) is 0 Å². The van der Waals surface area contributed by atoms with Crippen LogP contribution in [-0.4, -0.2) is 37.1 Å². The molecule has 3 N–H and O–H groups in total. The molecule has 1 rings (SSSR count). The lowest BCUT2D eigenvalue weighted by molar-refractivity contribution is -0.125. The van der Waals surface area contributed by atoms with Gasteiger partial charge in [0.25, 0.3) is 0 Å². The van der Waals surface area contributed by atoms with Gasteiger partial charge in [-0.15, -0.1) is 0 Å². The van der Waals surface area contributed by atoms with Crippen molar-refractivity contribution in [1.29, 1.82) is 0 Å². The lowest BCUT2D eigenvalue weighted by atomic mass is 9.92. The van der Waals surface area contributed by atoms with E-state index in [4.69, 9.17) is 0 Å². The molecule has 0 unspecified atom stereocenters. The molecule has 22 heavy (non-hydrogen) atoms. The van der Waals surface area contributed by atoms with E-state index in [9.17, 15) is 4.79 Å². The molecule has 0 saturated heterocycles. The van der Waals surface area contributed by atoms with Gasteiger partial charge in [-0.2, -0.15) is 0 Å². The first kappa shape index (κ1) is 19.4. The summed E-state index contributed by atoms with van der Waals surface area (Å²) in [7, 11) is 0. The molecule has 0 radical (unpaired) electrons. The number of hydrogen-bond acceptors (Lipinski definition) is 3. The summed E-state index contributed by atoms with van der Waals surface area (Å²) in [6.45, 7) is 15.8. The Morgan fingerprint density at radius 3 is 2.27 bits per heavy atom. The molecule has 0 aromatic heterocycles. The Morgan fingerprint density at radius 1 is 1.00 bits per heavy atom. The van der Waals surface area contributed by atoms with Crippen LogP contribution in [0.2, 0.25) is 0 Å². The van der Waals surface area contributed by atoms with E-state index in [1.54, 1.807) is 0 Å². The molecule has 0 spiro atoms.